The second-order valence-corrected chi connectivity index (χ2v) is 0.996. The van der Waals surface area contributed by atoms with Gasteiger partial charge in [-0.25, -0.2) is 0 Å². The van der Waals surface area contributed by atoms with Crippen molar-refractivity contribution >= 4 is 29.0 Å². The molecule has 0 saturated carbocycles. The van der Waals surface area contributed by atoms with Crippen molar-refractivity contribution in [1.82, 2.24) is 0 Å². The third-order valence-electron chi connectivity index (χ3n) is 0.577. The summed E-state index contributed by atoms with van der Waals surface area (Å²) in [7, 11) is 12.2. The highest BCUT2D eigenvalue weighted by molar-refractivity contribution is 6.85. The van der Waals surface area contributed by atoms with Gasteiger partial charge >= 0.3 is 7.32 Å². The van der Waals surface area contributed by atoms with Crippen molar-refractivity contribution in [2.24, 2.45) is 0 Å². The van der Waals surface area contributed by atoms with Gasteiger partial charge in [0.05, 0.1) is 0 Å². The van der Waals surface area contributed by atoms with Crippen molar-refractivity contribution in [1.29, 1.82) is 0 Å². The number of rotatable bonds is 3. The molecule has 0 N–H and O–H groups in total. The van der Waals surface area contributed by atoms with Gasteiger partial charge in [0.1, 0.15) is 0 Å². The molecule has 0 fully saturated rings. The molecule has 0 saturated heterocycles. The van der Waals surface area contributed by atoms with Gasteiger partial charge in [0.15, 0.2) is 0 Å². The molecule has 0 amide bonds. The van der Waals surface area contributed by atoms with Crippen LogP contribution in [-0.4, -0.2) is 28.7 Å². The second-order valence-electron chi connectivity index (χ2n) is 0.996. The molecule has 0 aromatic rings. The zero-order valence-electron chi connectivity index (χ0n) is 5.56. The monoisotopic (exact) mass is 174 g/mol. The highest BCUT2D eigenvalue weighted by atomic mass is 36.5. The summed E-state index contributed by atoms with van der Waals surface area (Å²) >= 11 is 0. The first-order valence-corrected chi connectivity index (χ1v) is 3.22. The van der Waals surface area contributed by atoms with E-state index in [4.69, 9.17) is 0 Å². The Balaban J connectivity index is 0. The lowest BCUT2D eigenvalue weighted by Gasteiger charge is -2.01. The summed E-state index contributed by atoms with van der Waals surface area (Å²) in [4.78, 5) is 0. The molecule has 0 atom stereocenters. The average molecular weight is 175 g/mol. The molecule has 0 bridgehead atoms. The van der Waals surface area contributed by atoms with Crippen LogP contribution >= 0.6 is 21.7 Å². The Labute approximate surface area is 64.9 Å². The van der Waals surface area contributed by atoms with Crippen LogP contribution in [0.25, 0.3) is 0 Å². The first-order valence-electron chi connectivity index (χ1n) is 2.07. The smallest absolute Gasteiger partial charge is 0.389 e. The molecule has 3 nitrogen and oxygen atoms in total. The van der Waals surface area contributed by atoms with Gasteiger partial charge in [-0.1, -0.05) is 0 Å². The summed E-state index contributed by atoms with van der Waals surface area (Å²) in [5.74, 6) is 0. The number of hydrogen-bond acceptors (Lipinski definition) is 3. The predicted octanol–water partition coefficient (Wildman–Crippen LogP) is 1.29. The second kappa shape index (κ2) is 11.3. The largest absolute Gasteiger partial charge is 0.638 e. The van der Waals surface area contributed by atoms with Crippen LogP contribution in [0.1, 0.15) is 0 Å². The molecule has 6 heteroatoms. The van der Waals surface area contributed by atoms with Crippen LogP contribution in [0.2, 0.25) is 0 Å². The lowest BCUT2D eigenvalue weighted by atomic mass is 10.2. The fourth-order valence-electron chi connectivity index (χ4n) is 0.289. The van der Waals surface area contributed by atoms with Crippen molar-refractivity contribution in [3.05, 3.63) is 0 Å². The molecule has 0 rings (SSSR count). The van der Waals surface area contributed by atoms with Crippen molar-refractivity contribution < 1.29 is 14.0 Å². The predicted molar refractivity (Wildman–Crippen MR) is 38.5 cm³/mol. The van der Waals surface area contributed by atoms with Gasteiger partial charge in [-0.2, -0.15) is 0 Å². The van der Waals surface area contributed by atoms with Crippen molar-refractivity contribution in [3.8, 4) is 0 Å². The molecule has 0 spiro atoms. The van der Waals surface area contributed by atoms with Crippen LogP contribution in [0, 0.1) is 0 Å². The third kappa shape index (κ3) is 8.52. The van der Waals surface area contributed by atoms with Gasteiger partial charge in [0.2, 0.25) is 0 Å². The molecule has 0 heterocycles. The van der Waals surface area contributed by atoms with Crippen molar-refractivity contribution in [3.63, 3.8) is 0 Å². The molecule has 0 radical (unpaired) electrons. The van der Waals surface area contributed by atoms with E-state index in [1.165, 1.54) is 21.3 Å². The molecular formula is C3H9BCl2O3. The fourth-order valence-corrected chi connectivity index (χ4v) is 0.289. The van der Waals surface area contributed by atoms with E-state index in [0.29, 0.717) is 0 Å². The van der Waals surface area contributed by atoms with E-state index in [2.05, 4.69) is 35.7 Å². The summed E-state index contributed by atoms with van der Waals surface area (Å²) in [5, 5.41) is 0. The van der Waals surface area contributed by atoms with E-state index in [1.54, 1.807) is 0 Å². The molecular weight excluding hydrogens is 166 g/mol. The van der Waals surface area contributed by atoms with Crippen LogP contribution in [-0.2, 0) is 14.0 Å². The molecule has 56 valence electrons. The van der Waals surface area contributed by atoms with E-state index in [0.717, 1.165) is 0 Å². The normalized spacial score (nSPS) is 7.67. The Morgan fingerprint density at radius 2 is 1.11 bits per heavy atom. The van der Waals surface area contributed by atoms with Crippen molar-refractivity contribution in [2.75, 3.05) is 21.3 Å². The maximum absolute atomic E-state index is 4.60. The van der Waals surface area contributed by atoms with Gasteiger partial charge < -0.3 is 14.0 Å². The first kappa shape index (κ1) is 12.2. The minimum Gasteiger partial charge on any atom is -0.389 e. The van der Waals surface area contributed by atoms with Gasteiger partial charge in [0, 0.05) is 43.0 Å². The van der Waals surface area contributed by atoms with E-state index < -0.39 is 7.32 Å². The maximum Gasteiger partial charge on any atom is 0.638 e. The highest BCUT2D eigenvalue weighted by Crippen LogP contribution is 1.81. The van der Waals surface area contributed by atoms with E-state index in [1.807, 2.05) is 0 Å². The zero-order valence-corrected chi connectivity index (χ0v) is 7.07. The van der Waals surface area contributed by atoms with E-state index in [9.17, 15) is 0 Å². The maximum atomic E-state index is 4.60. The van der Waals surface area contributed by atoms with E-state index in [-0.39, 0.29) is 0 Å². The van der Waals surface area contributed by atoms with Crippen molar-refractivity contribution in [2.45, 2.75) is 0 Å². The molecule has 0 aromatic carbocycles. The van der Waals surface area contributed by atoms with Gasteiger partial charge in [-0.15, -0.1) is 0 Å². The molecule has 0 aliphatic carbocycles. The SMILES string of the molecule is COB(OC)OC.ClCl. The third-order valence-corrected chi connectivity index (χ3v) is 0.577. The minimum absolute atomic E-state index is 0.514. The molecule has 0 unspecified atom stereocenters. The van der Waals surface area contributed by atoms with E-state index >= 15 is 0 Å². The van der Waals surface area contributed by atoms with Crippen LogP contribution < -0.4 is 0 Å². The molecule has 0 aliphatic rings. The summed E-state index contributed by atoms with van der Waals surface area (Å²) < 4.78 is 13.8. The lowest BCUT2D eigenvalue weighted by Crippen LogP contribution is -2.21. The zero-order chi connectivity index (χ0) is 7.70. The number of hydrogen-bond donors (Lipinski definition) is 0. The van der Waals surface area contributed by atoms with Gasteiger partial charge in [0.25, 0.3) is 0 Å². The highest BCUT2D eigenvalue weighted by Gasteiger charge is 2.12. The summed E-state index contributed by atoms with van der Waals surface area (Å²) in [6.07, 6.45) is 0. The van der Waals surface area contributed by atoms with Crippen LogP contribution in [0.3, 0.4) is 0 Å². The fraction of sp³-hybridized carbons (Fsp3) is 1.00. The van der Waals surface area contributed by atoms with Gasteiger partial charge in [-0.3, -0.25) is 0 Å². The molecule has 9 heavy (non-hydrogen) atoms. The Morgan fingerprint density at radius 1 is 0.889 bits per heavy atom. The minimum atomic E-state index is -0.514. The van der Waals surface area contributed by atoms with Gasteiger partial charge in [-0.05, 0) is 0 Å². The first-order chi connectivity index (χ1) is 4.35. The number of halogens is 2. The molecule has 0 aromatic heterocycles. The van der Waals surface area contributed by atoms with Crippen LogP contribution in [0.15, 0.2) is 0 Å². The van der Waals surface area contributed by atoms with Crippen LogP contribution in [0.4, 0.5) is 0 Å². The quantitative estimate of drug-likeness (QED) is 0.604. The standard InChI is InChI=1S/C3H9BO3.Cl2/c1-5-4(6-2)7-3;1-2/h1-3H3;. The summed E-state index contributed by atoms with van der Waals surface area (Å²) in [5.41, 5.74) is 0. The lowest BCUT2D eigenvalue weighted by molar-refractivity contribution is 0.163. The Hall–Kier alpha value is 0.525. The summed E-state index contributed by atoms with van der Waals surface area (Å²) in [6, 6.07) is 0. The Bertz CT molecular complexity index is 38.5. The topological polar surface area (TPSA) is 27.7 Å². The Kier molecular flexibility index (Phi) is 15.4. The van der Waals surface area contributed by atoms with Crippen LogP contribution in [0.5, 0.6) is 0 Å². The summed E-state index contributed by atoms with van der Waals surface area (Å²) in [6.45, 7) is 0. The Morgan fingerprint density at radius 3 is 1.11 bits per heavy atom. The average Bonchev–Trinajstić information content (AvgIpc) is 1.96. The molecule has 0 aliphatic heterocycles.